The number of carbonyl (C=O) groups is 2. The molecule has 0 aromatic carbocycles. The molecule has 0 spiro atoms. The third kappa shape index (κ3) is 4.69. The summed E-state index contributed by atoms with van der Waals surface area (Å²) in [5.41, 5.74) is 0.852. The molecule has 10 nitrogen and oxygen atoms in total. The minimum absolute atomic E-state index is 0.173. The summed E-state index contributed by atoms with van der Waals surface area (Å²) in [4.78, 5) is 30.3. The summed E-state index contributed by atoms with van der Waals surface area (Å²) in [5.74, 6) is 0.910. The Hall–Kier alpha value is -3.14. The van der Waals surface area contributed by atoms with Gasteiger partial charge in [-0.1, -0.05) is 0 Å². The fourth-order valence-electron chi connectivity index (χ4n) is 4.25. The summed E-state index contributed by atoms with van der Waals surface area (Å²) in [7, 11) is 1.53. The number of ether oxygens (including phenoxy) is 2. The van der Waals surface area contributed by atoms with Crippen LogP contribution in [-0.2, 0) is 16.0 Å². The van der Waals surface area contributed by atoms with Crippen LogP contribution < -0.4 is 10.1 Å². The first-order valence-electron chi connectivity index (χ1n) is 10.8. The van der Waals surface area contributed by atoms with E-state index in [-0.39, 0.29) is 36.5 Å². The lowest BCUT2D eigenvalue weighted by atomic mass is 9.87. The molecule has 2 fully saturated rings. The van der Waals surface area contributed by atoms with E-state index in [1.807, 2.05) is 13.0 Å². The predicted octanol–water partition coefficient (Wildman–Crippen LogP) is 2.22. The molecule has 2 aromatic heterocycles. The quantitative estimate of drug-likeness (QED) is 0.624. The molecule has 4 rings (SSSR count). The zero-order chi connectivity index (χ0) is 22.9. The number of β-amino-alcohol motifs (C(OH)–C–C–N with tert-alkyl or cyclic N) is 1. The Labute approximate surface area is 186 Å². The molecule has 2 amide bonds. The third-order valence-corrected chi connectivity index (χ3v) is 6.42. The summed E-state index contributed by atoms with van der Waals surface area (Å²) >= 11 is 0. The summed E-state index contributed by atoms with van der Waals surface area (Å²) in [6.07, 6.45) is 3.55. The van der Waals surface area contributed by atoms with Crippen molar-refractivity contribution in [1.29, 1.82) is 0 Å². The lowest BCUT2D eigenvalue weighted by Crippen LogP contribution is -2.68. The number of methoxy groups -OCH3 is 1. The van der Waals surface area contributed by atoms with Gasteiger partial charge in [0.05, 0.1) is 31.7 Å². The van der Waals surface area contributed by atoms with Crippen molar-refractivity contribution in [3.63, 3.8) is 0 Å². The number of pyridine rings is 1. The van der Waals surface area contributed by atoms with E-state index in [1.165, 1.54) is 7.11 Å². The number of aromatic nitrogens is 3. The van der Waals surface area contributed by atoms with E-state index in [0.29, 0.717) is 24.7 Å². The largest absolute Gasteiger partial charge is 0.481 e. The molecule has 10 heteroatoms. The highest BCUT2D eigenvalue weighted by atomic mass is 16.6. The van der Waals surface area contributed by atoms with Crippen LogP contribution in [0.1, 0.15) is 50.3 Å². The number of nitrogens with zero attached hydrogens (tertiary/aromatic N) is 3. The number of aliphatic hydroxyl groups is 1. The Morgan fingerprint density at radius 3 is 2.91 bits per heavy atom. The highest BCUT2D eigenvalue weighted by Gasteiger charge is 2.48. The molecule has 3 heterocycles. The van der Waals surface area contributed by atoms with Crippen molar-refractivity contribution < 1.29 is 24.2 Å². The smallest absolute Gasteiger partial charge is 0.410 e. The van der Waals surface area contributed by atoms with E-state index in [4.69, 9.17) is 9.47 Å². The number of nitrogens with one attached hydrogen (secondary N) is 2. The Morgan fingerprint density at radius 2 is 2.19 bits per heavy atom. The fraction of sp³-hybridized carbons (Fsp3) is 0.545. The second-order valence-corrected chi connectivity index (χ2v) is 8.82. The van der Waals surface area contributed by atoms with Crippen LogP contribution in [-0.4, -0.2) is 68.6 Å². The molecule has 1 aliphatic heterocycles. The first-order chi connectivity index (χ1) is 15.2. The molecule has 172 valence electrons. The zero-order valence-electron chi connectivity index (χ0n) is 18.5. The van der Waals surface area contributed by atoms with Crippen molar-refractivity contribution in [2.75, 3.05) is 19.0 Å². The summed E-state index contributed by atoms with van der Waals surface area (Å²) in [6, 6.07) is 5.06. The molecule has 0 unspecified atom stereocenters. The van der Waals surface area contributed by atoms with Gasteiger partial charge in [-0.2, -0.15) is 5.10 Å². The average molecular weight is 444 g/mol. The SMILES string of the molecule is COc1cc(CC(=O)Nc2cc([C@@H]3CC[C@H](OC(=O)N4C[C@@](C)(O)[C@@H]4C)C3)[nH]n2)ccn1. The molecule has 4 atom stereocenters. The number of anilines is 1. The zero-order valence-corrected chi connectivity index (χ0v) is 18.5. The van der Waals surface area contributed by atoms with Gasteiger partial charge in [0, 0.05) is 29.9 Å². The molecule has 0 radical (unpaired) electrons. The van der Waals surface area contributed by atoms with E-state index in [2.05, 4.69) is 20.5 Å². The van der Waals surface area contributed by atoms with Crippen molar-refractivity contribution in [2.24, 2.45) is 0 Å². The Morgan fingerprint density at radius 1 is 1.38 bits per heavy atom. The monoisotopic (exact) mass is 443 g/mol. The van der Waals surface area contributed by atoms with E-state index < -0.39 is 5.60 Å². The third-order valence-electron chi connectivity index (χ3n) is 6.42. The first-order valence-corrected chi connectivity index (χ1v) is 10.8. The number of H-pyrrole nitrogens is 1. The average Bonchev–Trinajstić information content (AvgIpc) is 3.41. The van der Waals surface area contributed by atoms with Crippen molar-refractivity contribution in [3.8, 4) is 5.88 Å². The van der Waals surface area contributed by atoms with Crippen LogP contribution in [0.25, 0.3) is 0 Å². The van der Waals surface area contributed by atoms with Crippen LogP contribution in [0, 0.1) is 0 Å². The number of carbonyl (C=O) groups excluding carboxylic acids is 2. The molecule has 0 bridgehead atoms. The topological polar surface area (TPSA) is 130 Å². The van der Waals surface area contributed by atoms with Gasteiger partial charge in [-0.15, -0.1) is 0 Å². The second-order valence-electron chi connectivity index (χ2n) is 8.82. The van der Waals surface area contributed by atoms with Crippen LogP contribution in [0.4, 0.5) is 10.6 Å². The second kappa shape index (κ2) is 8.78. The summed E-state index contributed by atoms with van der Waals surface area (Å²) in [5, 5.41) is 20.0. The Kier molecular flexibility index (Phi) is 6.05. The van der Waals surface area contributed by atoms with Crippen LogP contribution >= 0.6 is 0 Å². The van der Waals surface area contributed by atoms with Gasteiger partial charge in [-0.3, -0.25) is 14.8 Å². The standard InChI is InChI=1S/C22H29N5O5/c1-13-22(2,30)12-27(13)21(29)32-16-5-4-15(10-16)17-11-18(26-25-17)24-19(28)8-14-6-7-23-20(9-14)31-3/h6-7,9,11,13,15-16,30H,4-5,8,10,12H2,1-3H3,(H2,24,25,26,28)/t13-,15+,16-,22+/m0/s1. The Bertz CT molecular complexity index is 991. The number of aromatic amines is 1. The van der Waals surface area contributed by atoms with E-state index in [1.54, 1.807) is 30.2 Å². The van der Waals surface area contributed by atoms with Crippen molar-refractivity contribution in [3.05, 3.63) is 35.7 Å². The molecule has 32 heavy (non-hydrogen) atoms. The maximum absolute atomic E-state index is 12.4. The van der Waals surface area contributed by atoms with Crippen LogP contribution in [0.5, 0.6) is 5.88 Å². The normalized spacial score (nSPS) is 27.0. The maximum Gasteiger partial charge on any atom is 0.410 e. The number of hydrogen-bond donors (Lipinski definition) is 3. The molecular weight excluding hydrogens is 414 g/mol. The molecule has 1 aliphatic carbocycles. The Balaban J connectivity index is 1.26. The van der Waals surface area contributed by atoms with Gasteiger partial charge in [-0.25, -0.2) is 9.78 Å². The van der Waals surface area contributed by atoms with E-state index >= 15 is 0 Å². The highest BCUT2D eigenvalue weighted by Crippen LogP contribution is 2.37. The van der Waals surface area contributed by atoms with Gasteiger partial charge in [0.2, 0.25) is 11.8 Å². The number of amides is 2. The summed E-state index contributed by atoms with van der Waals surface area (Å²) in [6.45, 7) is 3.82. The number of hydrogen-bond acceptors (Lipinski definition) is 7. The molecule has 3 N–H and O–H groups in total. The van der Waals surface area contributed by atoms with Crippen LogP contribution in [0.15, 0.2) is 24.4 Å². The molecular formula is C22H29N5O5. The lowest BCUT2D eigenvalue weighted by Gasteiger charge is -2.50. The van der Waals surface area contributed by atoms with Gasteiger partial charge >= 0.3 is 6.09 Å². The highest BCUT2D eigenvalue weighted by molar-refractivity contribution is 5.91. The van der Waals surface area contributed by atoms with Crippen LogP contribution in [0.2, 0.25) is 0 Å². The number of rotatable bonds is 6. The van der Waals surface area contributed by atoms with Gasteiger partial charge in [0.1, 0.15) is 6.10 Å². The van der Waals surface area contributed by atoms with Crippen molar-refractivity contribution in [1.82, 2.24) is 20.1 Å². The lowest BCUT2D eigenvalue weighted by molar-refractivity contribution is -0.123. The van der Waals surface area contributed by atoms with Crippen LogP contribution in [0.3, 0.4) is 0 Å². The van der Waals surface area contributed by atoms with Crippen molar-refractivity contribution >= 4 is 17.8 Å². The van der Waals surface area contributed by atoms with Gasteiger partial charge in [-0.05, 0) is 44.7 Å². The maximum atomic E-state index is 12.4. The predicted molar refractivity (Wildman–Crippen MR) is 115 cm³/mol. The number of likely N-dealkylation sites (tertiary alicyclic amines) is 1. The minimum atomic E-state index is -0.850. The first kappa shape index (κ1) is 22.1. The van der Waals surface area contributed by atoms with Gasteiger partial charge in [0.25, 0.3) is 0 Å². The van der Waals surface area contributed by atoms with E-state index in [0.717, 1.165) is 24.1 Å². The fourth-order valence-corrected chi connectivity index (χ4v) is 4.25. The van der Waals surface area contributed by atoms with E-state index in [9.17, 15) is 14.7 Å². The molecule has 2 aliphatic rings. The summed E-state index contributed by atoms with van der Waals surface area (Å²) < 4.78 is 10.7. The van der Waals surface area contributed by atoms with Gasteiger partial charge < -0.3 is 19.9 Å². The van der Waals surface area contributed by atoms with Crippen molar-refractivity contribution in [2.45, 2.75) is 63.2 Å². The molecule has 1 saturated carbocycles. The molecule has 2 aromatic rings. The van der Waals surface area contributed by atoms with Gasteiger partial charge in [0.15, 0.2) is 5.82 Å². The minimum Gasteiger partial charge on any atom is -0.481 e. The molecule has 1 saturated heterocycles.